The molecule has 3 rings (SSSR count). The van der Waals surface area contributed by atoms with E-state index in [0.29, 0.717) is 10.8 Å². The molecule has 0 saturated heterocycles. The fourth-order valence-electron chi connectivity index (χ4n) is 1.69. The third-order valence-corrected chi connectivity index (χ3v) is 2.72. The molecule has 0 saturated carbocycles. The summed E-state index contributed by atoms with van der Waals surface area (Å²) in [5, 5.41) is 3.86. The number of aromatic nitrogens is 3. The van der Waals surface area contributed by atoms with Gasteiger partial charge in [-0.15, -0.1) is 0 Å². The molecule has 4 nitrogen and oxygen atoms in total. The third kappa shape index (κ3) is 2.10. The first-order valence-corrected chi connectivity index (χ1v) is 5.79. The van der Waals surface area contributed by atoms with E-state index in [2.05, 4.69) is 20.3 Å². The minimum absolute atomic E-state index is 0.669. The van der Waals surface area contributed by atoms with E-state index in [1.807, 2.05) is 36.4 Å². The molecule has 2 heterocycles. The molecule has 1 aromatic carbocycles. The van der Waals surface area contributed by atoms with Crippen molar-refractivity contribution < 1.29 is 0 Å². The van der Waals surface area contributed by atoms with E-state index in [-0.39, 0.29) is 0 Å². The largest absolute Gasteiger partial charge is 0.338 e. The van der Waals surface area contributed by atoms with Crippen molar-refractivity contribution in [1.82, 2.24) is 15.0 Å². The topological polar surface area (TPSA) is 50.7 Å². The molecule has 2 aromatic heterocycles. The van der Waals surface area contributed by atoms with E-state index in [4.69, 9.17) is 11.6 Å². The normalized spacial score (nSPS) is 10.5. The highest BCUT2D eigenvalue weighted by Crippen LogP contribution is 2.22. The van der Waals surface area contributed by atoms with Crippen LogP contribution in [0.25, 0.3) is 11.0 Å². The second-order valence-electron chi connectivity index (χ2n) is 3.73. The van der Waals surface area contributed by atoms with Crippen LogP contribution in [0.2, 0.25) is 5.02 Å². The first-order valence-electron chi connectivity index (χ1n) is 5.41. The fourth-order valence-corrected chi connectivity index (χ4v) is 1.88. The first-order chi connectivity index (χ1) is 8.83. The van der Waals surface area contributed by atoms with Crippen molar-refractivity contribution in [3.63, 3.8) is 0 Å². The van der Waals surface area contributed by atoms with Crippen LogP contribution in [0.15, 0.2) is 48.9 Å². The lowest BCUT2D eigenvalue weighted by Crippen LogP contribution is -1.97. The molecule has 5 heteroatoms. The summed E-state index contributed by atoms with van der Waals surface area (Å²) < 4.78 is 0. The summed E-state index contributed by atoms with van der Waals surface area (Å²) in [7, 11) is 0. The van der Waals surface area contributed by atoms with Gasteiger partial charge in [0.2, 0.25) is 0 Å². The summed E-state index contributed by atoms with van der Waals surface area (Å²) >= 11 is 5.94. The first kappa shape index (κ1) is 10.9. The summed E-state index contributed by atoms with van der Waals surface area (Å²) in [6.07, 6.45) is 3.23. The number of pyridine rings is 1. The lowest BCUT2D eigenvalue weighted by molar-refractivity contribution is 1.19. The van der Waals surface area contributed by atoms with Gasteiger partial charge >= 0.3 is 0 Å². The number of nitrogens with one attached hydrogen (secondary N) is 1. The van der Waals surface area contributed by atoms with Gasteiger partial charge in [0.05, 0.1) is 5.52 Å². The maximum Gasteiger partial charge on any atom is 0.160 e. The Hall–Kier alpha value is -2.20. The molecule has 0 aliphatic carbocycles. The molecule has 0 aliphatic heterocycles. The Balaban J connectivity index is 2.05. The molecule has 3 aromatic rings. The van der Waals surface area contributed by atoms with Gasteiger partial charge in [0.15, 0.2) is 5.82 Å². The molecule has 1 N–H and O–H groups in total. The fraction of sp³-hybridized carbons (Fsp3) is 0. The average Bonchev–Trinajstić information content (AvgIpc) is 2.39. The molecule has 88 valence electrons. The number of rotatable bonds is 2. The van der Waals surface area contributed by atoms with Crippen LogP contribution in [0.5, 0.6) is 0 Å². The summed E-state index contributed by atoms with van der Waals surface area (Å²) in [6.45, 7) is 0. The maximum atomic E-state index is 5.94. The van der Waals surface area contributed by atoms with E-state index in [9.17, 15) is 0 Å². The molecule has 0 radical (unpaired) electrons. The van der Waals surface area contributed by atoms with Crippen molar-refractivity contribution in [1.29, 1.82) is 0 Å². The number of nitrogens with zero attached hydrogens (tertiary/aromatic N) is 3. The van der Waals surface area contributed by atoms with Crippen LogP contribution in [-0.2, 0) is 0 Å². The minimum Gasteiger partial charge on any atom is -0.338 e. The zero-order valence-corrected chi connectivity index (χ0v) is 10.1. The lowest BCUT2D eigenvalue weighted by Gasteiger charge is -2.07. The van der Waals surface area contributed by atoms with Gasteiger partial charge in [-0.25, -0.2) is 9.97 Å². The van der Waals surface area contributed by atoms with Crippen molar-refractivity contribution in [2.75, 3.05) is 5.32 Å². The standard InChI is InChI=1S/C13H9ClN4/c14-9-3-1-4-10(7-9)18-13-12-11(16-8-17-13)5-2-6-15-12/h1-8H,(H,16,17,18). The van der Waals surface area contributed by atoms with Crippen LogP contribution in [0, 0.1) is 0 Å². The molecule has 0 spiro atoms. The number of halogens is 1. The number of benzene rings is 1. The number of hydrogen-bond donors (Lipinski definition) is 1. The second-order valence-corrected chi connectivity index (χ2v) is 4.17. The number of anilines is 2. The predicted molar refractivity (Wildman–Crippen MR) is 72.1 cm³/mol. The van der Waals surface area contributed by atoms with Crippen molar-refractivity contribution in [2.24, 2.45) is 0 Å². The number of hydrogen-bond acceptors (Lipinski definition) is 4. The summed E-state index contributed by atoms with van der Waals surface area (Å²) in [4.78, 5) is 12.6. The van der Waals surface area contributed by atoms with Crippen molar-refractivity contribution >= 4 is 34.1 Å². The molecular weight excluding hydrogens is 248 g/mol. The van der Waals surface area contributed by atoms with Gasteiger partial charge in [-0.1, -0.05) is 17.7 Å². The molecule has 0 aliphatic rings. The molecule has 0 unspecified atom stereocenters. The summed E-state index contributed by atoms with van der Waals surface area (Å²) in [5.41, 5.74) is 2.41. The highest BCUT2D eigenvalue weighted by Gasteiger charge is 2.04. The quantitative estimate of drug-likeness (QED) is 0.763. The van der Waals surface area contributed by atoms with Gasteiger partial charge < -0.3 is 5.32 Å². The Bertz CT molecular complexity index is 694. The van der Waals surface area contributed by atoms with Gasteiger partial charge in [-0.2, -0.15) is 0 Å². The molecule has 0 atom stereocenters. The van der Waals surface area contributed by atoms with Gasteiger partial charge in [-0.3, -0.25) is 4.98 Å². The SMILES string of the molecule is Clc1cccc(Nc2ncnc3cccnc23)c1. The monoisotopic (exact) mass is 256 g/mol. The average molecular weight is 257 g/mol. The van der Waals surface area contributed by atoms with Crippen molar-refractivity contribution in [3.05, 3.63) is 53.9 Å². The Morgan fingerprint density at radius 1 is 1.00 bits per heavy atom. The molecular formula is C13H9ClN4. The van der Waals surface area contributed by atoms with Gasteiger partial charge in [-0.05, 0) is 30.3 Å². The van der Waals surface area contributed by atoms with E-state index in [1.165, 1.54) is 6.33 Å². The van der Waals surface area contributed by atoms with E-state index >= 15 is 0 Å². The van der Waals surface area contributed by atoms with Gasteiger partial charge in [0.25, 0.3) is 0 Å². The molecule has 0 bridgehead atoms. The Morgan fingerprint density at radius 2 is 1.94 bits per heavy atom. The Labute approximate surface area is 109 Å². The van der Waals surface area contributed by atoms with E-state index in [1.54, 1.807) is 6.20 Å². The number of fused-ring (bicyclic) bond motifs is 1. The van der Waals surface area contributed by atoms with Gasteiger partial charge in [0.1, 0.15) is 11.8 Å². The van der Waals surface area contributed by atoms with Crippen LogP contribution in [0.4, 0.5) is 11.5 Å². The predicted octanol–water partition coefficient (Wildman–Crippen LogP) is 3.42. The zero-order valence-electron chi connectivity index (χ0n) is 9.34. The summed E-state index contributed by atoms with van der Waals surface area (Å²) in [5.74, 6) is 0.669. The molecule has 0 fully saturated rings. The minimum atomic E-state index is 0.669. The smallest absolute Gasteiger partial charge is 0.160 e. The van der Waals surface area contributed by atoms with Crippen LogP contribution in [0.1, 0.15) is 0 Å². The molecule has 0 amide bonds. The van der Waals surface area contributed by atoms with Gasteiger partial charge in [0, 0.05) is 16.9 Å². The van der Waals surface area contributed by atoms with Crippen LogP contribution in [-0.4, -0.2) is 15.0 Å². The Kier molecular flexibility index (Phi) is 2.78. The third-order valence-electron chi connectivity index (χ3n) is 2.48. The molecule has 18 heavy (non-hydrogen) atoms. The highest BCUT2D eigenvalue weighted by molar-refractivity contribution is 6.30. The van der Waals surface area contributed by atoms with Crippen LogP contribution < -0.4 is 5.32 Å². The summed E-state index contributed by atoms with van der Waals surface area (Å²) in [6, 6.07) is 11.2. The van der Waals surface area contributed by atoms with Crippen LogP contribution in [0.3, 0.4) is 0 Å². The van der Waals surface area contributed by atoms with E-state index < -0.39 is 0 Å². The maximum absolute atomic E-state index is 5.94. The van der Waals surface area contributed by atoms with Crippen molar-refractivity contribution in [2.45, 2.75) is 0 Å². The highest BCUT2D eigenvalue weighted by atomic mass is 35.5. The zero-order chi connectivity index (χ0) is 12.4. The van der Waals surface area contributed by atoms with Crippen molar-refractivity contribution in [3.8, 4) is 0 Å². The second kappa shape index (κ2) is 4.58. The van der Waals surface area contributed by atoms with E-state index in [0.717, 1.165) is 16.7 Å². The van der Waals surface area contributed by atoms with Crippen LogP contribution >= 0.6 is 11.6 Å². The Morgan fingerprint density at radius 3 is 2.83 bits per heavy atom. The lowest BCUT2D eigenvalue weighted by atomic mass is 10.3.